The molecule has 0 aliphatic carbocycles. The van der Waals surface area contributed by atoms with Crippen LogP contribution in [0, 0.1) is 5.41 Å². The normalized spacial score (nSPS) is 25.4. The van der Waals surface area contributed by atoms with E-state index >= 15 is 0 Å². The van der Waals surface area contributed by atoms with Crippen LogP contribution in [-0.2, 0) is 20.7 Å². The van der Waals surface area contributed by atoms with Crippen LogP contribution in [0.15, 0.2) is 18.3 Å². The van der Waals surface area contributed by atoms with Gasteiger partial charge in [-0.2, -0.15) is 0 Å². The molecule has 0 bridgehead atoms. The van der Waals surface area contributed by atoms with E-state index in [1.165, 1.54) is 6.20 Å². The maximum Gasteiger partial charge on any atom is 0.309 e. The molecule has 2 rings (SSSR count). The summed E-state index contributed by atoms with van der Waals surface area (Å²) in [5.41, 5.74) is 6.05. The Kier molecular flexibility index (Phi) is 4.01. The van der Waals surface area contributed by atoms with E-state index in [4.69, 9.17) is 15.6 Å². The summed E-state index contributed by atoms with van der Waals surface area (Å²) in [5.74, 6) is -1.17. The Hall–Kier alpha value is -1.99. The number of aliphatic carboxylic acids is 1. The van der Waals surface area contributed by atoms with E-state index < -0.39 is 11.4 Å². The lowest BCUT2D eigenvalue weighted by atomic mass is 9.85. The van der Waals surface area contributed by atoms with Crippen LogP contribution in [0.25, 0.3) is 0 Å². The average molecular weight is 279 g/mol. The number of rotatable bonds is 4. The molecule has 1 aromatic heterocycles. The van der Waals surface area contributed by atoms with Crippen molar-refractivity contribution in [1.29, 1.82) is 0 Å². The number of pyridine rings is 1. The summed E-state index contributed by atoms with van der Waals surface area (Å²) in [7, 11) is 0. The highest BCUT2D eigenvalue weighted by atomic mass is 16.5. The summed E-state index contributed by atoms with van der Waals surface area (Å²) in [4.78, 5) is 26.7. The summed E-state index contributed by atoms with van der Waals surface area (Å²) in [6.07, 6.45) is 1.28. The van der Waals surface area contributed by atoms with Gasteiger partial charge in [-0.15, -0.1) is 0 Å². The Morgan fingerprint density at radius 2 is 2.35 bits per heavy atom. The third-order valence-electron chi connectivity index (χ3n) is 3.45. The smallest absolute Gasteiger partial charge is 0.309 e. The lowest BCUT2D eigenvalue weighted by Crippen LogP contribution is -2.47. The van der Waals surface area contributed by atoms with Crippen molar-refractivity contribution in [1.82, 2.24) is 4.98 Å². The van der Waals surface area contributed by atoms with Crippen molar-refractivity contribution in [2.75, 3.05) is 18.5 Å². The molecule has 7 nitrogen and oxygen atoms in total. The summed E-state index contributed by atoms with van der Waals surface area (Å²) in [6.45, 7) is 2.40. The summed E-state index contributed by atoms with van der Waals surface area (Å²) < 4.78 is 5.23. The number of carbonyl (C=O) groups is 2. The van der Waals surface area contributed by atoms with E-state index in [1.54, 1.807) is 19.1 Å². The first kappa shape index (κ1) is 14.4. The Balaban J connectivity index is 2.03. The second-order valence-electron chi connectivity index (χ2n) is 5.10. The predicted molar refractivity (Wildman–Crippen MR) is 71.1 cm³/mol. The minimum atomic E-state index is -0.948. The number of nitrogens with zero attached hydrogens (tertiary/aromatic N) is 1. The van der Waals surface area contributed by atoms with Crippen molar-refractivity contribution >= 4 is 17.6 Å². The zero-order chi connectivity index (χ0) is 14.8. The number of nitrogens with one attached hydrogen (secondary N) is 1. The van der Waals surface area contributed by atoms with Gasteiger partial charge in [0.2, 0.25) is 5.91 Å². The first-order valence-electron chi connectivity index (χ1n) is 6.23. The molecule has 0 aromatic carbocycles. The molecule has 1 aliphatic rings. The van der Waals surface area contributed by atoms with Gasteiger partial charge in [-0.3, -0.25) is 14.6 Å². The van der Waals surface area contributed by atoms with Crippen LogP contribution in [0.3, 0.4) is 0 Å². The second kappa shape index (κ2) is 5.56. The molecule has 0 saturated carbocycles. The molecule has 2 unspecified atom stereocenters. The molecule has 1 amide bonds. The van der Waals surface area contributed by atoms with E-state index in [9.17, 15) is 9.59 Å². The highest BCUT2D eigenvalue weighted by Gasteiger charge is 2.44. The number of aromatic nitrogens is 1. The molecule has 2 heterocycles. The SMILES string of the molecule is CC1(C(=O)Nc2ccc(CC(=O)O)nc2)COCC1N. The van der Waals surface area contributed by atoms with Crippen molar-refractivity contribution in [3.8, 4) is 0 Å². The lowest BCUT2D eigenvalue weighted by molar-refractivity contribution is -0.136. The highest BCUT2D eigenvalue weighted by molar-refractivity contribution is 5.95. The molecule has 0 radical (unpaired) electrons. The predicted octanol–water partition coefficient (Wildman–Crippen LogP) is 0.0110. The molecule has 1 fully saturated rings. The summed E-state index contributed by atoms with van der Waals surface area (Å²) >= 11 is 0. The Morgan fingerprint density at radius 1 is 1.60 bits per heavy atom. The van der Waals surface area contributed by atoms with Gasteiger partial charge in [-0.25, -0.2) is 0 Å². The molecule has 7 heteroatoms. The van der Waals surface area contributed by atoms with Gasteiger partial charge in [0.15, 0.2) is 0 Å². The quantitative estimate of drug-likeness (QED) is 0.715. The number of anilines is 1. The fourth-order valence-electron chi connectivity index (χ4n) is 1.95. The summed E-state index contributed by atoms with van der Waals surface area (Å²) in [6, 6.07) is 2.84. The zero-order valence-electron chi connectivity index (χ0n) is 11.1. The van der Waals surface area contributed by atoms with Crippen LogP contribution in [0.5, 0.6) is 0 Å². The average Bonchev–Trinajstić information content (AvgIpc) is 2.73. The van der Waals surface area contributed by atoms with E-state index in [0.717, 1.165) is 0 Å². The molecule has 0 spiro atoms. The van der Waals surface area contributed by atoms with E-state index in [2.05, 4.69) is 10.3 Å². The Morgan fingerprint density at radius 3 is 2.85 bits per heavy atom. The number of amides is 1. The van der Waals surface area contributed by atoms with Gasteiger partial charge >= 0.3 is 5.97 Å². The number of hydrogen-bond donors (Lipinski definition) is 3. The van der Waals surface area contributed by atoms with Crippen LogP contribution < -0.4 is 11.1 Å². The fourth-order valence-corrected chi connectivity index (χ4v) is 1.95. The molecule has 1 saturated heterocycles. The number of ether oxygens (including phenoxy) is 1. The van der Waals surface area contributed by atoms with Crippen LogP contribution in [0.4, 0.5) is 5.69 Å². The Labute approximate surface area is 116 Å². The van der Waals surface area contributed by atoms with Crippen LogP contribution in [0.2, 0.25) is 0 Å². The molecular weight excluding hydrogens is 262 g/mol. The number of carboxylic acid groups (broad SMARTS) is 1. The van der Waals surface area contributed by atoms with Gasteiger partial charge in [0.25, 0.3) is 0 Å². The maximum atomic E-state index is 12.2. The first-order valence-corrected chi connectivity index (χ1v) is 6.23. The van der Waals surface area contributed by atoms with Crippen LogP contribution in [-0.4, -0.2) is 41.2 Å². The first-order chi connectivity index (χ1) is 9.41. The van der Waals surface area contributed by atoms with Crippen molar-refractivity contribution < 1.29 is 19.4 Å². The second-order valence-corrected chi connectivity index (χ2v) is 5.10. The standard InChI is InChI=1S/C13H17N3O4/c1-13(7-20-6-10(13)14)12(19)16-9-3-2-8(15-5-9)4-11(17)18/h2-3,5,10H,4,6-7,14H2,1H3,(H,16,19)(H,17,18). The van der Waals surface area contributed by atoms with Crippen molar-refractivity contribution in [2.45, 2.75) is 19.4 Å². The molecule has 4 N–H and O–H groups in total. The van der Waals surface area contributed by atoms with Crippen molar-refractivity contribution in [2.24, 2.45) is 11.1 Å². The van der Waals surface area contributed by atoms with E-state index in [1.807, 2.05) is 0 Å². The van der Waals surface area contributed by atoms with Gasteiger partial charge in [0.05, 0.1) is 42.6 Å². The van der Waals surface area contributed by atoms with Gasteiger partial charge in [0, 0.05) is 6.04 Å². The van der Waals surface area contributed by atoms with Gasteiger partial charge < -0.3 is 20.9 Å². The number of carbonyl (C=O) groups excluding carboxylic acids is 1. The largest absolute Gasteiger partial charge is 0.481 e. The van der Waals surface area contributed by atoms with Gasteiger partial charge in [-0.05, 0) is 19.1 Å². The topological polar surface area (TPSA) is 115 Å². The lowest BCUT2D eigenvalue weighted by Gasteiger charge is -2.25. The molecule has 1 aliphatic heterocycles. The zero-order valence-corrected chi connectivity index (χ0v) is 11.1. The van der Waals surface area contributed by atoms with Gasteiger partial charge in [0.1, 0.15) is 0 Å². The van der Waals surface area contributed by atoms with Crippen molar-refractivity contribution in [3.05, 3.63) is 24.0 Å². The number of hydrogen-bond acceptors (Lipinski definition) is 5. The minimum absolute atomic E-state index is 0.148. The minimum Gasteiger partial charge on any atom is -0.481 e. The van der Waals surface area contributed by atoms with Gasteiger partial charge in [-0.1, -0.05) is 0 Å². The maximum absolute atomic E-state index is 12.2. The molecule has 1 aromatic rings. The third-order valence-corrected chi connectivity index (χ3v) is 3.45. The third kappa shape index (κ3) is 2.94. The number of nitrogens with two attached hydrogens (primary N) is 1. The number of carboxylic acids is 1. The molecule has 20 heavy (non-hydrogen) atoms. The van der Waals surface area contributed by atoms with E-state index in [-0.39, 0.29) is 25.0 Å². The molecule has 108 valence electrons. The fraction of sp³-hybridized carbons (Fsp3) is 0.462. The molecule has 2 atom stereocenters. The summed E-state index contributed by atoms with van der Waals surface area (Å²) in [5, 5.41) is 11.4. The van der Waals surface area contributed by atoms with E-state index in [0.29, 0.717) is 18.0 Å². The van der Waals surface area contributed by atoms with Crippen LogP contribution >= 0.6 is 0 Å². The van der Waals surface area contributed by atoms with Crippen LogP contribution in [0.1, 0.15) is 12.6 Å². The monoisotopic (exact) mass is 279 g/mol. The molecular formula is C13H17N3O4. The van der Waals surface area contributed by atoms with Crippen molar-refractivity contribution in [3.63, 3.8) is 0 Å². The Bertz CT molecular complexity index is 517. The highest BCUT2D eigenvalue weighted by Crippen LogP contribution is 2.28.